The van der Waals surface area contributed by atoms with Crippen LogP contribution in [0.15, 0.2) is 42.5 Å². The van der Waals surface area contributed by atoms with Gasteiger partial charge < -0.3 is 10.1 Å². The van der Waals surface area contributed by atoms with Crippen LogP contribution in [0.5, 0.6) is 5.75 Å². The van der Waals surface area contributed by atoms with Crippen LogP contribution in [0.3, 0.4) is 0 Å². The van der Waals surface area contributed by atoms with Crippen LogP contribution < -0.4 is 10.1 Å². The van der Waals surface area contributed by atoms with Gasteiger partial charge in [-0.15, -0.1) is 13.2 Å². The summed E-state index contributed by atoms with van der Waals surface area (Å²) in [6.07, 6.45) is -4.93. The molecule has 0 unspecified atom stereocenters. The monoisotopic (exact) mass is 338 g/mol. The zero-order chi connectivity index (χ0) is 17.7. The quantitative estimate of drug-likeness (QED) is 0.868. The van der Waals surface area contributed by atoms with Crippen LogP contribution in [-0.2, 0) is 6.54 Å². The smallest absolute Gasteiger partial charge is 0.405 e. The normalized spacial score (nSPS) is 10.8. The molecule has 0 saturated heterocycles. The van der Waals surface area contributed by atoms with Crippen molar-refractivity contribution in [2.24, 2.45) is 0 Å². The molecule has 4 nitrogen and oxygen atoms in total. The predicted molar refractivity (Wildman–Crippen MR) is 75.4 cm³/mol. The summed E-state index contributed by atoms with van der Waals surface area (Å²) in [4.78, 5) is 12.0. The predicted octanol–water partition coefficient (Wildman–Crippen LogP) is 3.53. The molecule has 2 rings (SSSR count). The third kappa shape index (κ3) is 4.46. The number of rotatable bonds is 4. The molecule has 8 heteroatoms. The van der Waals surface area contributed by atoms with Crippen molar-refractivity contribution in [2.45, 2.75) is 12.9 Å². The second kappa shape index (κ2) is 7.00. The van der Waals surface area contributed by atoms with Gasteiger partial charge in [0.2, 0.25) is 0 Å². The third-order valence-corrected chi connectivity index (χ3v) is 2.98. The van der Waals surface area contributed by atoms with Crippen LogP contribution in [0.1, 0.15) is 21.5 Å². The summed E-state index contributed by atoms with van der Waals surface area (Å²) < 4.78 is 54.5. The minimum atomic E-state index is -4.93. The first kappa shape index (κ1) is 17.3. The van der Waals surface area contributed by atoms with Crippen LogP contribution in [0, 0.1) is 17.1 Å². The molecule has 2 aromatic carbocycles. The van der Waals surface area contributed by atoms with E-state index in [0.29, 0.717) is 0 Å². The highest BCUT2D eigenvalue weighted by Crippen LogP contribution is 2.26. The van der Waals surface area contributed by atoms with E-state index < -0.39 is 23.8 Å². The van der Waals surface area contributed by atoms with Gasteiger partial charge in [0.05, 0.1) is 17.2 Å². The molecule has 0 aliphatic rings. The first-order valence-corrected chi connectivity index (χ1v) is 6.61. The fourth-order valence-electron chi connectivity index (χ4n) is 1.90. The Hall–Kier alpha value is -3.08. The number of benzene rings is 2. The zero-order valence-corrected chi connectivity index (χ0v) is 12.0. The molecule has 0 radical (unpaired) electrons. The number of amides is 1. The Morgan fingerprint density at radius 2 is 1.92 bits per heavy atom. The van der Waals surface area contributed by atoms with Crippen molar-refractivity contribution in [3.05, 3.63) is 65.0 Å². The van der Waals surface area contributed by atoms with Crippen LogP contribution in [0.2, 0.25) is 0 Å². The van der Waals surface area contributed by atoms with Gasteiger partial charge in [-0.25, -0.2) is 4.39 Å². The Morgan fingerprint density at radius 1 is 1.21 bits per heavy atom. The lowest BCUT2D eigenvalue weighted by atomic mass is 10.1. The number of nitrogens with one attached hydrogen (secondary N) is 1. The first-order valence-electron chi connectivity index (χ1n) is 6.61. The summed E-state index contributed by atoms with van der Waals surface area (Å²) in [5, 5.41) is 11.0. The number of halogens is 4. The van der Waals surface area contributed by atoms with E-state index in [1.165, 1.54) is 24.3 Å². The van der Waals surface area contributed by atoms with Crippen LogP contribution in [0.4, 0.5) is 17.6 Å². The lowest BCUT2D eigenvalue weighted by Crippen LogP contribution is -2.25. The highest BCUT2D eigenvalue weighted by atomic mass is 19.4. The van der Waals surface area contributed by atoms with E-state index in [-0.39, 0.29) is 23.2 Å². The summed E-state index contributed by atoms with van der Waals surface area (Å²) in [5.41, 5.74) is -0.119. The fourth-order valence-corrected chi connectivity index (χ4v) is 1.90. The highest BCUT2D eigenvalue weighted by Gasteiger charge is 2.32. The van der Waals surface area contributed by atoms with Crippen LogP contribution in [-0.4, -0.2) is 12.3 Å². The van der Waals surface area contributed by atoms with Crippen molar-refractivity contribution in [2.75, 3.05) is 0 Å². The number of alkyl halides is 3. The zero-order valence-electron chi connectivity index (χ0n) is 12.0. The van der Waals surface area contributed by atoms with Gasteiger partial charge in [-0.2, -0.15) is 5.26 Å². The maximum absolute atomic E-state index is 13.7. The topological polar surface area (TPSA) is 62.1 Å². The molecule has 0 heterocycles. The van der Waals surface area contributed by atoms with E-state index >= 15 is 0 Å². The second-order valence-electron chi connectivity index (χ2n) is 4.64. The number of carbonyl (C=O) groups is 1. The molecule has 1 amide bonds. The molecule has 0 spiro atoms. The van der Waals surface area contributed by atoms with E-state index in [1.54, 1.807) is 6.07 Å². The first-order chi connectivity index (χ1) is 11.3. The van der Waals surface area contributed by atoms with Gasteiger partial charge in [0.25, 0.3) is 5.91 Å². The molecular weight excluding hydrogens is 328 g/mol. The maximum Gasteiger partial charge on any atom is 0.573 e. The van der Waals surface area contributed by atoms with Crippen molar-refractivity contribution in [3.63, 3.8) is 0 Å². The van der Waals surface area contributed by atoms with Gasteiger partial charge >= 0.3 is 6.36 Å². The Kier molecular flexibility index (Phi) is 5.04. The Labute approximate surface area is 134 Å². The molecule has 0 aliphatic heterocycles. The molecule has 0 atom stereocenters. The van der Waals surface area contributed by atoms with Crippen LogP contribution in [0.25, 0.3) is 0 Å². The number of ether oxygens (including phenoxy) is 1. The second-order valence-corrected chi connectivity index (χ2v) is 4.64. The van der Waals surface area contributed by atoms with Gasteiger partial charge in [-0.3, -0.25) is 4.79 Å². The number of nitriles is 1. The molecule has 0 saturated carbocycles. The van der Waals surface area contributed by atoms with Crippen molar-refractivity contribution in [1.29, 1.82) is 5.26 Å². The Balaban J connectivity index is 2.12. The molecule has 0 aliphatic carbocycles. The number of hydrogen-bond acceptors (Lipinski definition) is 3. The number of para-hydroxylation sites is 1. The summed E-state index contributed by atoms with van der Waals surface area (Å²) in [7, 11) is 0. The van der Waals surface area contributed by atoms with E-state index in [1.807, 2.05) is 0 Å². The highest BCUT2D eigenvalue weighted by molar-refractivity contribution is 5.96. The lowest BCUT2D eigenvalue weighted by Gasteiger charge is -2.13. The molecule has 24 heavy (non-hydrogen) atoms. The van der Waals surface area contributed by atoms with Crippen LogP contribution >= 0.6 is 0 Å². The maximum atomic E-state index is 13.7. The minimum absolute atomic E-state index is 0.0940. The Morgan fingerprint density at radius 3 is 2.54 bits per heavy atom. The molecule has 0 fully saturated rings. The minimum Gasteiger partial charge on any atom is -0.405 e. The average Bonchev–Trinajstić information content (AvgIpc) is 2.52. The molecule has 0 aromatic heterocycles. The van der Waals surface area contributed by atoms with Crippen molar-refractivity contribution in [1.82, 2.24) is 5.32 Å². The summed E-state index contributed by atoms with van der Waals surface area (Å²) in [6.45, 7) is -0.253. The molecule has 124 valence electrons. The third-order valence-electron chi connectivity index (χ3n) is 2.98. The largest absolute Gasteiger partial charge is 0.573 e. The standard InChI is InChI=1S/C16H10F4N2O2/c17-13-7-10(8-21)5-6-11(13)9-22-15(23)12-3-1-2-4-14(12)24-16(18,19)20/h1-7H,9H2,(H,22,23). The van der Waals surface area contributed by atoms with Gasteiger partial charge in [0.15, 0.2) is 0 Å². The molecule has 1 N–H and O–H groups in total. The molecule has 0 bridgehead atoms. The summed E-state index contributed by atoms with van der Waals surface area (Å²) in [6, 6.07) is 10.3. The van der Waals surface area contributed by atoms with E-state index in [9.17, 15) is 22.4 Å². The SMILES string of the molecule is N#Cc1ccc(CNC(=O)c2ccccc2OC(F)(F)F)c(F)c1. The van der Waals surface area contributed by atoms with E-state index in [2.05, 4.69) is 10.1 Å². The average molecular weight is 338 g/mol. The lowest BCUT2D eigenvalue weighted by molar-refractivity contribution is -0.274. The van der Waals surface area contributed by atoms with Crippen molar-refractivity contribution >= 4 is 5.91 Å². The summed E-state index contributed by atoms with van der Waals surface area (Å²) in [5.74, 6) is -2.20. The summed E-state index contributed by atoms with van der Waals surface area (Å²) >= 11 is 0. The number of nitrogens with zero attached hydrogens (tertiary/aromatic N) is 1. The number of carbonyl (C=O) groups excluding carboxylic acids is 1. The number of hydrogen-bond donors (Lipinski definition) is 1. The van der Waals surface area contributed by atoms with Gasteiger partial charge in [-0.05, 0) is 24.3 Å². The Bertz CT molecular complexity index is 797. The van der Waals surface area contributed by atoms with Gasteiger partial charge in [0, 0.05) is 12.1 Å². The molecular formula is C16H10F4N2O2. The van der Waals surface area contributed by atoms with Crippen molar-refractivity contribution < 1.29 is 27.1 Å². The van der Waals surface area contributed by atoms with E-state index in [0.717, 1.165) is 18.2 Å². The fraction of sp³-hybridized carbons (Fsp3) is 0.125. The van der Waals surface area contributed by atoms with Crippen molar-refractivity contribution in [3.8, 4) is 11.8 Å². The van der Waals surface area contributed by atoms with Gasteiger partial charge in [-0.1, -0.05) is 18.2 Å². The van der Waals surface area contributed by atoms with Gasteiger partial charge in [0.1, 0.15) is 11.6 Å². The van der Waals surface area contributed by atoms with E-state index in [4.69, 9.17) is 5.26 Å². The molecule has 2 aromatic rings.